The van der Waals surface area contributed by atoms with Crippen LogP contribution in [0.15, 0.2) is 84.9 Å². The molecule has 1 aliphatic heterocycles. The molecule has 1 atom stereocenters. The molecule has 0 bridgehead atoms. The van der Waals surface area contributed by atoms with Gasteiger partial charge in [-0.3, -0.25) is 9.69 Å². The van der Waals surface area contributed by atoms with Crippen molar-refractivity contribution in [2.75, 3.05) is 11.1 Å². The van der Waals surface area contributed by atoms with Crippen molar-refractivity contribution in [3.8, 4) is 0 Å². The summed E-state index contributed by atoms with van der Waals surface area (Å²) in [6.45, 7) is 1.84. The van der Waals surface area contributed by atoms with Crippen LogP contribution in [0.1, 0.15) is 22.5 Å². The van der Waals surface area contributed by atoms with E-state index in [1.807, 2.05) is 91.9 Å². The number of anilines is 3. The lowest BCUT2D eigenvalue weighted by molar-refractivity contribution is -0.132. The zero-order valence-electron chi connectivity index (χ0n) is 19.7. The highest BCUT2D eigenvalue weighted by Crippen LogP contribution is 2.33. The number of aromatic nitrogens is 3. The Hall–Kier alpha value is -4.79. The monoisotopic (exact) mass is 479 g/mol. The van der Waals surface area contributed by atoms with Gasteiger partial charge in [-0.15, -0.1) is 0 Å². The summed E-state index contributed by atoms with van der Waals surface area (Å²) >= 11 is 0. The van der Waals surface area contributed by atoms with E-state index in [0.29, 0.717) is 12.0 Å². The van der Waals surface area contributed by atoms with Crippen molar-refractivity contribution in [2.45, 2.75) is 25.4 Å². The molecule has 1 aliphatic rings. The molecule has 9 heteroatoms. The normalized spacial score (nSPS) is 17.2. The third-order valence-electron chi connectivity index (χ3n) is 6.06. The van der Waals surface area contributed by atoms with E-state index >= 15 is 0 Å². The fraction of sp³-hybridized carbons (Fsp3) is 0.148. The lowest BCUT2D eigenvalue weighted by atomic mass is 9.83. The van der Waals surface area contributed by atoms with Gasteiger partial charge in [-0.2, -0.15) is 15.0 Å². The maximum absolute atomic E-state index is 13.9. The molecular weight excluding hydrogens is 454 g/mol. The van der Waals surface area contributed by atoms with Crippen LogP contribution >= 0.6 is 0 Å². The highest BCUT2D eigenvalue weighted by Gasteiger charge is 2.52. The van der Waals surface area contributed by atoms with E-state index in [-0.39, 0.29) is 30.2 Å². The Morgan fingerprint density at radius 1 is 0.889 bits per heavy atom. The summed E-state index contributed by atoms with van der Waals surface area (Å²) in [4.78, 5) is 40.8. The van der Waals surface area contributed by atoms with Gasteiger partial charge in [0.25, 0.3) is 5.91 Å². The lowest BCUT2D eigenvalue weighted by Gasteiger charge is -2.27. The minimum Gasteiger partial charge on any atom is -0.368 e. The summed E-state index contributed by atoms with van der Waals surface area (Å²) in [6.07, 6.45) is 0.304. The average molecular weight is 480 g/mol. The first-order valence-corrected chi connectivity index (χ1v) is 11.5. The number of nitrogen functional groups attached to an aromatic ring is 1. The summed E-state index contributed by atoms with van der Waals surface area (Å²) in [5.74, 6) is 0.0334. The fourth-order valence-corrected chi connectivity index (χ4v) is 4.28. The van der Waals surface area contributed by atoms with E-state index in [1.54, 1.807) is 0 Å². The number of hydrogen-bond acceptors (Lipinski definition) is 7. The number of rotatable bonds is 7. The number of aryl methyl sites for hydroxylation is 1. The van der Waals surface area contributed by atoms with Crippen molar-refractivity contribution in [2.24, 2.45) is 0 Å². The van der Waals surface area contributed by atoms with Gasteiger partial charge in [0.05, 0.1) is 6.54 Å². The third-order valence-corrected chi connectivity index (χ3v) is 6.06. The van der Waals surface area contributed by atoms with Crippen LogP contribution in [0.4, 0.5) is 22.4 Å². The maximum Gasteiger partial charge on any atom is 0.325 e. The summed E-state index contributed by atoms with van der Waals surface area (Å²) in [6, 6.07) is 26.0. The number of nitrogens with one attached hydrogen (secondary N) is 2. The largest absolute Gasteiger partial charge is 0.368 e. The van der Waals surface area contributed by atoms with Crippen molar-refractivity contribution in [3.63, 3.8) is 0 Å². The Morgan fingerprint density at radius 2 is 1.56 bits per heavy atom. The minimum absolute atomic E-state index is 0.0136. The Labute approximate surface area is 208 Å². The molecule has 0 spiro atoms. The molecule has 0 radical (unpaired) electrons. The number of nitrogens with two attached hydrogens (primary N) is 1. The van der Waals surface area contributed by atoms with Gasteiger partial charge in [-0.05, 0) is 30.2 Å². The van der Waals surface area contributed by atoms with Crippen LogP contribution in [0, 0.1) is 6.92 Å². The van der Waals surface area contributed by atoms with Crippen molar-refractivity contribution in [1.82, 2.24) is 25.2 Å². The fourth-order valence-electron chi connectivity index (χ4n) is 4.28. The minimum atomic E-state index is -1.25. The number of carbonyl (C=O) groups excluding carboxylic acids is 2. The molecule has 3 amide bonds. The number of benzene rings is 3. The maximum atomic E-state index is 13.9. The van der Waals surface area contributed by atoms with Crippen LogP contribution < -0.4 is 16.4 Å². The molecule has 9 nitrogen and oxygen atoms in total. The molecule has 0 saturated carbocycles. The highest BCUT2D eigenvalue weighted by molar-refractivity contribution is 6.07. The van der Waals surface area contributed by atoms with Crippen molar-refractivity contribution < 1.29 is 9.59 Å². The molecule has 2 heterocycles. The van der Waals surface area contributed by atoms with E-state index in [4.69, 9.17) is 5.73 Å². The average Bonchev–Trinajstić information content (AvgIpc) is 3.11. The molecule has 1 fully saturated rings. The Morgan fingerprint density at radius 3 is 2.25 bits per heavy atom. The van der Waals surface area contributed by atoms with Crippen molar-refractivity contribution >= 4 is 29.5 Å². The number of nitrogens with zero attached hydrogens (tertiary/aromatic N) is 4. The van der Waals surface area contributed by atoms with Gasteiger partial charge in [0.15, 0.2) is 11.4 Å². The molecule has 5 rings (SSSR count). The van der Waals surface area contributed by atoms with E-state index in [2.05, 4.69) is 25.6 Å². The third kappa shape index (κ3) is 4.58. The molecule has 180 valence electrons. The number of carbonyl (C=O) groups is 2. The van der Waals surface area contributed by atoms with E-state index < -0.39 is 11.6 Å². The van der Waals surface area contributed by atoms with Gasteiger partial charge < -0.3 is 16.4 Å². The van der Waals surface area contributed by atoms with Gasteiger partial charge >= 0.3 is 6.03 Å². The van der Waals surface area contributed by atoms with Crippen LogP contribution in [0.3, 0.4) is 0 Å². The molecule has 0 aliphatic carbocycles. The SMILES string of the molecule is Cc1ccc(Nc2nc(N)nc(CN3C(=O)N[C@](Cc4ccccc4)(c4ccccc4)C3=O)n2)cc1. The second-order valence-corrected chi connectivity index (χ2v) is 8.68. The molecule has 4 aromatic rings. The molecule has 1 aromatic heterocycles. The van der Waals surface area contributed by atoms with Gasteiger partial charge in [0, 0.05) is 12.1 Å². The first-order chi connectivity index (χ1) is 17.4. The number of hydrogen-bond donors (Lipinski definition) is 3. The van der Waals surface area contributed by atoms with Crippen LogP contribution in [0.2, 0.25) is 0 Å². The molecular formula is C27H25N7O2. The van der Waals surface area contributed by atoms with Crippen molar-refractivity contribution in [1.29, 1.82) is 0 Å². The van der Waals surface area contributed by atoms with Gasteiger partial charge in [0.1, 0.15) is 0 Å². The highest BCUT2D eigenvalue weighted by atomic mass is 16.2. The molecule has 36 heavy (non-hydrogen) atoms. The zero-order valence-corrected chi connectivity index (χ0v) is 19.7. The first kappa shape index (κ1) is 23.0. The predicted octanol–water partition coefficient (Wildman–Crippen LogP) is 3.70. The molecule has 3 aromatic carbocycles. The Balaban J connectivity index is 1.44. The smallest absolute Gasteiger partial charge is 0.325 e. The second-order valence-electron chi connectivity index (χ2n) is 8.68. The Kier molecular flexibility index (Phi) is 6.03. The van der Waals surface area contributed by atoms with Crippen LogP contribution in [0.5, 0.6) is 0 Å². The standard InChI is InChI=1S/C27H25N7O2/c1-18-12-14-21(15-13-18)29-25-31-22(30-24(28)32-25)17-34-23(35)27(33-26(34)36,20-10-6-3-7-11-20)16-19-8-4-2-5-9-19/h2-15H,16-17H2,1H3,(H,33,36)(H3,28,29,30,31,32)/t27-/m1/s1. The molecule has 1 saturated heterocycles. The van der Waals surface area contributed by atoms with Gasteiger partial charge in [-0.1, -0.05) is 78.4 Å². The van der Waals surface area contributed by atoms with Crippen LogP contribution in [-0.2, 0) is 23.3 Å². The van der Waals surface area contributed by atoms with Crippen LogP contribution in [0.25, 0.3) is 0 Å². The van der Waals surface area contributed by atoms with Gasteiger partial charge in [0.2, 0.25) is 11.9 Å². The summed E-state index contributed by atoms with van der Waals surface area (Å²) in [5.41, 5.74) is 8.19. The van der Waals surface area contributed by atoms with Gasteiger partial charge in [-0.25, -0.2) is 4.79 Å². The molecule has 4 N–H and O–H groups in total. The summed E-state index contributed by atoms with van der Waals surface area (Å²) < 4.78 is 0. The van der Waals surface area contributed by atoms with Crippen LogP contribution in [-0.4, -0.2) is 31.8 Å². The first-order valence-electron chi connectivity index (χ1n) is 11.5. The number of amides is 3. The quantitative estimate of drug-likeness (QED) is 0.345. The molecule has 0 unspecified atom stereocenters. The topological polar surface area (TPSA) is 126 Å². The predicted molar refractivity (Wildman–Crippen MR) is 136 cm³/mol. The Bertz CT molecular complexity index is 1400. The summed E-state index contributed by atoms with van der Waals surface area (Å²) in [7, 11) is 0. The summed E-state index contributed by atoms with van der Waals surface area (Å²) in [5, 5.41) is 6.03. The van der Waals surface area contributed by atoms with E-state index in [0.717, 1.165) is 21.7 Å². The number of imide groups is 1. The second kappa shape index (κ2) is 9.46. The lowest BCUT2D eigenvalue weighted by Crippen LogP contribution is -2.46. The van der Waals surface area contributed by atoms with E-state index in [1.165, 1.54) is 0 Å². The number of urea groups is 1. The van der Waals surface area contributed by atoms with E-state index in [9.17, 15) is 9.59 Å². The van der Waals surface area contributed by atoms with Crippen molar-refractivity contribution in [3.05, 3.63) is 107 Å². The zero-order chi connectivity index (χ0) is 25.1.